The van der Waals surface area contributed by atoms with Crippen molar-refractivity contribution in [2.24, 2.45) is 0 Å². The van der Waals surface area contributed by atoms with Crippen molar-refractivity contribution in [3.8, 4) is 0 Å². The molecular weight excluding hydrogens is 381 g/mol. The van der Waals surface area contributed by atoms with E-state index in [1.807, 2.05) is 24.3 Å². The van der Waals surface area contributed by atoms with Crippen molar-refractivity contribution in [1.82, 2.24) is 4.90 Å². The highest BCUT2D eigenvalue weighted by atomic mass is 35.5. The molecule has 1 amide bonds. The fourth-order valence-electron chi connectivity index (χ4n) is 2.84. The summed E-state index contributed by atoms with van der Waals surface area (Å²) in [5.41, 5.74) is 2.78. The Morgan fingerprint density at radius 1 is 0.852 bits per heavy atom. The molecule has 27 heavy (non-hydrogen) atoms. The van der Waals surface area contributed by atoms with E-state index < -0.39 is 0 Å². The van der Waals surface area contributed by atoms with E-state index in [4.69, 9.17) is 23.2 Å². The van der Waals surface area contributed by atoms with E-state index in [0.29, 0.717) is 21.2 Å². The van der Waals surface area contributed by atoms with Crippen molar-refractivity contribution in [2.75, 3.05) is 13.1 Å². The maximum absolute atomic E-state index is 13.0. The van der Waals surface area contributed by atoms with Gasteiger partial charge in [0, 0.05) is 21.2 Å². The lowest BCUT2D eigenvalue weighted by atomic mass is 9.94. The zero-order valence-corrected chi connectivity index (χ0v) is 16.0. The van der Waals surface area contributed by atoms with Crippen LogP contribution in [0.1, 0.15) is 11.1 Å². The second-order valence-electron chi connectivity index (χ2n) is 6.17. The Hall–Kier alpha value is -2.62. The molecule has 5 heteroatoms. The predicted octanol–water partition coefficient (Wildman–Crippen LogP) is 5.06. The number of benzene rings is 2. The third-order valence-corrected chi connectivity index (χ3v) is 4.72. The monoisotopic (exact) mass is 397 g/mol. The van der Waals surface area contributed by atoms with Gasteiger partial charge in [0.05, 0.1) is 13.1 Å². The Morgan fingerprint density at radius 2 is 1.26 bits per heavy atom. The summed E-state index contributed by atoms with van der Waals surface area (Å²) in [6.45, 7) is 4.03. The van der Waals surface area contributed by atoms with Crippen molar-refractivity contribution < 1.29 is 9.59 Å². The first-order valence-corrected chi connectivity index (χ1v) is 9.10. The van der Waals surface area contributed by atoms with Gasteiger partial charge in [-0.2, -0.15) is 0 Å². The van der Waals surface area contributed by atoms with E-state index in [1.165, 1.54) is 6.08 Å². The molecule has 3 nitrogen and oxygen atoms in total. The highest BCUT2D eigenvalue weighted by Crippen LogP contribution is 2.23. The Bertz CT molecular complexity index is 874. The van der Waals surface area contributed by atoms with Gasteiger partial charge in [0.1, 0.15) is 0 Å². The van der Waals surface area contributed by atoms with Crippen molar-refractivity contribution in [1.29, 1.82) is 0 Å². The van der Waals surface area contributed by atoms with Crippen LogP contribution in [0.2, 0.25) is 10.0 Å². The number of hydrogen-bond donors (Lipinski definition) is 0. The van der Waals surface area contributed by atoms with E-state index in [0.717, 1.165) is 11.1 Å². The number of likely N-dealkylation sites (tertiary alicyclic amines) is 1. The predicted molar refractivity (Wildman–Crippen MR) is 111 cm³/mol. The summed E-state index contributed by atoms with van der Waals surface area (Å²) in [6, 6.07) is 14.4. The number of nitrogens with zero attached hydrogens (tertiary/aromatic N) is 1. The molecule has 0 saturated carbocycles. The van der Waals surface area contributed by atoms with E-state index in [2.05, 4.69) is 6.58 Å². The number of piperidine rings is 1. The lowest BCUT2D eigenvalue weighted by molar-refractivity contribution is -0.126. The zero-order chi connectivity index (χ0) is 19.4. The number of amides is 1. The lowest BCUT2D eigenvalue weighted by Gasteiger charge is -2.29. The van der Waals surface area contributed by atoms with Crippen LogP contribution >= 0.6 is 23.2 Å². The van der Waals surface area contributed by atoms with Crippen LogP contribution in [0.15, 0.2) is 72.3 Å². The van der Waals surface area contributed by atoms with Crippen LogP contribution in [0.3, 0.4) is 0 Å². The van der Waals surface area contributed by atoms with Gasteiger partial charge in [0.25, 0.3) is 0 Å². The minimum absolute atomic E-state index is 0.0759. The van der Waals surface area contributed by atoms with Crippen LogP contribution in [0.5, 0.6) is 0 Å². The number of halogens is 2. The number of rotatable bonds is 3. The maximum Gasteiger partial charge on any atom is 0.246 e. The smallest absolute Gasteiger partial charge is 0.246 e. The van der Waals surface area contributed by atoms with Crippen LogP contribution in [-0.4, -0.2) is 29.7 Å². The van der Waals surface area contributed by atoms with Crippen molar-refractivity contribution in [2.45, 2.75) is 0 Å². The molecule has 1 aliphatic rings. The molecule has 0 N–H and O–H groups in total. The van der Waals surface area contributed by atoms with Crippen molar-refractivity contribution in [3.63, 3.8) is 0 Å². The van der Waals surface area contributed by atoms with Crippen LogP contribution in [-0.2, 0) is 9.59 Å². The highest BCUT2D eigenvalue weighted by Gasteiger charge is 2.28. The van der Waals surface area contributed by atoms with Gasteiger partial charge in [0.15, 0.2) is 5.78 Å². The molecule has 1 saturated heterocycles. The third-order valence-electron chi connectivity index (χ3n) is 4.21. The highest BCUT2D eigenvalue weighted by molar-refractivity contribution is 6.30. The van der Waals surface area contributed by atoms with Gasteiger partial charge in [-0.15, -0.1) is 0 Å². The fourth-order valence-corrected chi connectivity index (χ4v) is 3.10. The zero-order valence-electron chi connectivity index (χ0n) is 14.5. The second kappa shape index (κ2) is 8.38. The third kappa shape index (κ3) is 4.76. The SMILES string of the molecule is C=CC(=O)N1C/C(=C\c2ccc(Cl)cc2)C(=O)/C(=C/c2ccc(Cl)cc2)C1. The molecule has 0 atom stereocenters. The van der Waals surface area contributed by atoms with Gasteiger partial charge >= 0.3 is 0 Å². The molecule has 2 aromatic rings. The summed E-state index contributed by atoms with van der Waals surface area (Å²) in [7, 11) is 0. The quantitative estimate of drug-likeness (QED) is 0.678. The number of carbonyl (C=O) groups is 2. The first kappa shape index (κ1) is 19.2. The summed E-state index contributed by atoms with van der Waals surface area (Å²) in [6.07, 6.45) is 4.84. The van der Waals surface area contributed by atoms with Crippen LogP contribution < -0.4 is 0 Å². The molecule has 0 radical (unpaired) electrons. The van der Waals surface area contributed by atoms with E-state index in [-0.39, 0.29) is 24.8 Å². The molecule has 3 rings (SSSR count). The van der Waals surface area contributed by atoms with Gasteiger partial charge in [0.2, 0.25) is 5.91 Å². The molecule has 1 fully saturated rings. The number of ketones is 1. The fraction of sp³-hybridized carbons (Fsp3) is 0.0909. The average molecular weight is 398 g/mol. The van der Waals surface area contributed by atoms with Crippen LogP contribution in [0, 0.1) is 0 Å². The maximum atomic E-state index is 13.0. The molecule has 1 aliphatic heterocycles. The molecule has 136 valence electrons. The molecule has 0 aromatic heterocycles. The summed E-state index contributed by atoms with van der Waals surface area (Å²) in [5, 5.41) is 1.25. The van der Waals surface area contributed by atoms with E-state index in [9.17, 15) is 9.59 Å². The lowest BCUT2D eigenvalue weighted by Crippen LogP contribution is -2.40. The summed E-state index contributed by atoms with van der Waals surface area (Å²) >= 11 is 11.8. The Balaban J connectivity index is 1.98. The number of carbonyl (C=O) groups excluding carboxylic acids is 2. The van der Waals surface area contributed by atoms with E-state index >= 15 is 0 Å². The topological polar surface area (TPSA) is 37.4 Å². The molecular formula is C22H17Cl2NO2. The molecule has 0 aliphatic carbocycles. The van der Waals surface area contributed by atoms with Crippen molar-refractivity contribution >= 4 is 47.0 Å². The molecule has 0 bridgehead atoms. The van der Waals surface area contributed by atoms with Crippen LogP contribution in [0.25, 0.3) is 12.2 Å². The first-order chi connectivity index (χ1) is 13.0. The Morgan fingerprint density at radius 3 is 1.63 bits per heavy atom. The summed E-state index contributed by atoms with van der Waals surface area (Å²) in [4.78, 5) is 26.7. The van der Waals surface area contributed by atoms with Crippen molar-refractivity contribution in [3.05, 3.63) is 93.5 Å². The Labute approximate surface area is 168 Å². The van der Waals surface area contributed by atoms with Gasteiger partial charge in [-0.1, -0.05) is 54.0 Å². The standard InChI is InChI=1S/C22H17Cl2NO2/c1-2-21(26)25-13-17(11-15-3-7-19(23)8-4-15)22(27)18(14-25)12-16-5-9-20(24)10-6-16/h2-12H,1,13-14H2/b17-11+,18-12+. The molecule has 2 aromatic carbocycles. The van der Waals surface area contributed by atoms with Gasteiger partial charge in [-0.3, -0.25) is 9.59 Å². The summed E-state index contributed by atoms with van der Waals surface area (Å²) < 4.78 is 0. The van der Waals surface area contributed by atoms with Gasteiger partial charge in [-0.05, 0) is 53.6 Å². The summed E-state index contributed by atoms with van der Waals surface area (Å²) in [5.74, 6) is -0.292. The first-order valence-electron chi connectivity index (χ1n) is 8.34. The van der Waals surface area contributed by atoms with E-state index in [1.54, 1.807) is 41.3 Å². The Kier molecular flexibility index (Phi) is 5.94. The normalized spacial score (nSPS) is 17.4. The largest absolute Gasteiger partial charge is 0.330 e. The minimum atomic E-state index is -0.216. The number of hydrogen-bond acceptors (Lipinski definition) is 2. The molecule has 1 heterocycles. The average Bonchev–Trinajstić information content (AvgIpc) is 2.67. The minimum Gasteiger partial charge on any atom is -0.330 e. The molecule has 0 unspecified atom stereocenters. The van der Waals surface area contributed by atoms with Gasteiger partial charge in [-0.25, -0.2) is 0 Å². The van der Waals surface area contributed by atoms with Crippen LogP contribution in [0.4, 0.5) is 0 Å². The number of Topliss-reactive ketones (excluding diaryl/α,β-unsaturated/α-hetero) is 1. The second-order valence-corrected chi connectivity index (χ2v) is 7.04. The van der Waals surface area contributed by atoms with Gasteiger partial charge < -0.3 is 4.90 Å². The molecule has 0 spiro atoms.